The largest absolute Gasteiger partial charge is 0.491 e. The zero-order valence-electron chi connectivity index (χ0n) is 10.9. The number of fused-ring (bicyclic) bond motifs is 1. The standard InChI is InChI=1S/C13H15N3O/c1-14-11-8-17-13-7-9(3-4-10(11)13)12-5-6-15-16(12)2/h3-7,11,14H,8H2,1-2H3/i4D. The van der Waals surface area contributed by atoms with E-state index in [2.05, 4.69) is 10.4 Å². The fourth-order valence-corrected chi connectivity index (χ4v) is 2.17. The zero-order chi connectivity index (χ0) is 12.7. The van der Waals surface area contributed by atoms with Gasteiger partial charge in [-0.3, -0.25) is 4.68 Å². The van der Waals surface area contributed by atoms with Crippen LogP contribution in [0.2, 0.25) is 0 Å². The molecule has 1 atom stereocenters. The maximum Gasteiger partial charge on any atom is 0.124 e. The van der Waals surface area contributed by atoms with E-state index >= 15 is 0 Å². The molecular weight excluding hydrogens is 214 g/mol. The van der Waals surface area contributed by atoms with Crippen LogP contribution >= 0.6 is 0 Å². The van der Waals surface area contributed by atoms with E-state index < -0.39 is 0 Å². The molecule has 1 aliphatic rings. The molecule has 0 spiro atoms. The predicted molar refractivity (Wildman–Crippen MR) is 65.9 cm³/mol. The summed E-state index contributed by atoms with van der Waals surface area (Å²) in [6.07, 6.45) is 1.75. The first kappa shape index (κ1) is 9.24. The number of ether oxygens (including phenoxy) is 1. The molecule has 0 saturated heterocycles. The quantitative estimate of drug-likeness (QED) is 0.854. The summed E-state index contributed by atoms with van der Waals surface area (Å²) >= 11 is 0. The van der Waals surface area contributed by atoms with E-state index in [9.17, 15) is 0 Å². The molecule has 1 aromatic carbocycles. The Labute approximate surface area is 102 Å². The van der Waals surface area contributed by atoms with E-state index in [4.69, 9.17) is 6.11 Å². The topological polar surface area (TPSA) is 39.1 Å². The van der Waals surface area contributed by atoms with Crippen molar-refractivity contribution in [3.63, 3.8) is 0 Å². The number of rotatable bonds is 2. The maximum atomic E-state index is 8.15. The number of nitrogens with zero attached hydrogens (tertiary/aromatic N) is 2. The van der Waals surface area contributed by atoms with Gasteiger partial charge in [-0.15, -0.1) is 0 Å². The van der Waals surface area contributed by atoms with Gasteiger partial charge < -0.3 is 10.1 Å². The molecule has 0 saturated carbocycles. The Bertz CT molecular complexity index is 594. The number of likely N-dealkylation sites (N-methyl/N-ethyl adjacent to an activating group) is 1. The van der Waals surface area contributed by atoms with E-state index in [1.54, 1.807) is 10.9 Å². The van der Waals surface area contributed by atoms with Gasteiger partial charge in [0.1, 0.15) is 12.4 Å². The van der Waals surface area contributed by atoms with Crippen molar-refractivity contribution in [1.29, 1.82) is 0 Å². The minimum Gasteiger partial charge on any atom is -0.491 e. The average Bonchev–Trinajstić information content (AvgIpc) is 2.94. The summed E-state index contributed by atoms with van der Waals surface area (Å²) in [4.78, 5) is 0. The lowest BCUT2D eigenvalue weighted by Crippen LogP contribution is -2.17. The number of benzene rings is 1. The number of aryl methyl sites for hydroxylation is 1. The summed E-state index contributed by atoms with van der Waals surface area (Å²) < 4.78 is 15.6. The summed E-state index contributed by atoms with van der Waals surface area (Å²) in [5, 5.41) is 7.31. The lowest BCUT2D eigenvalue weighted by Gasteiger charge is -2.07. The number of aromatic nitrogens is 2. The second kappa shape index (κ2) is 3.89. The van der Waals surface area contributed by atoms with E-state index in [0.717, 1.165) is 22.6 Å². The van der Waals surface area contributed by atoms with Crippen molar-refractivity contribution in [3.05, 3.63) is 36.0 Å². The summed E-state index contributed by atoms with van der Waals surface area (Å²) in [5.41, 5.74) is 2.90. The third kappa shape index (κ3) is 1.61. The highest BCUT2D eigenvalue weighted by Crippen LogP contribution is 2.35. The Kier molecular flexibility index (Phi) is 2.12. The fraction of sp³-hybridized carbons (Fsp3) is 0.308. The van der Waals surface area contributed by atoms with Crippen molar-refractivity contribution in [1.82, 2.24) is 15.1 Å². The van der Waals surface area contributed by atoms with Crippen LogP contribution in [0.5, 0.6) is 5.75 Å². The number of hydrogen-bond donors (Lipinski definition) is 1. The van der Waals surface area contributed by atoms with Gasteiger partial charge in [-0.2, -0.15) is 5.10 Å². The Morgan fingerprint density at radius 1 is 1.59 bits per heavy atom. The summed E-state index contributed by atoms with van der Waals surface area (Å²) in [5.74, 6) is 0.804. The van der Waals surface area contributed by atoms with Gasteiger partial charge in [0.25, 0.3) is 0 Å². The highest BCUT2D eigenvalue weighted by atomic mass is 16.5. The highest BCUT2D eigenvalue weighted by Gasteiger charge is 2.22. The second-order valence-electron chi connectivity index (χ2n) is 4.16. The zero-order valence-corrected chi connectivity index (χ0v) is 9.90. The normalized spacial score (nSPS) is 18.7. The first-order valence-electron chi connectivity index (χ1n) is 6.13. The van der Waals surface area contributed by atoms with Gasteiger partial charge in [0.05, 0.1) is 13.1 Å². The Hall–Kier alpha value is -1.81. The minimum atomic E-state index is 0.119. The molecule has 1 N–H and O–H groups in total. The molecule has 88 valence electrons. The van der Waals surface area contributed by atoms with Crippen LogP contribution in [0.3, 0.4) is 0 Å². The van der Waals surface area contributed by atoms with Crippen LogP contribution < -0.4 is 10.1 Å². The van der Waals surface area contributed by atoms with Crippen molar-refractivity contribution in [2.24, 2.45) is 7.05 Å². The molecule has 17 heavy (non-hydrogen) atoms. The monoisotopic (exact) mass is 230 g/mol. The van der Waals surface area contributed by atoms with Gasteiger partial charge in [-0.05, 0) is 19.2 Å². The number of hydrogen-bond acceptors (Lipinski definition) is 3. The van der Waals surface area contributed by atoms with Crippen LogP contribution in [-0.2, 0) is 7.05 Å². The van der Waals surface area contributed by atoms with Crippen molar-refractivity contribution in [2.45, 2.75) is 6.04 Å². The van der Waals surface area contributed by atoms with Gasteiger partial charge >= 0.3 is 0 Å². The van der Waals surface area contributed by atoms with E-state index in [-0.39, 0.29) is 6.04 Å². The van der Waals surface area contributed by atoms with Crippen LogP contribution in [0.15, 0.2) is 30.4 Å². The molecule has 0 radical (unpaired) electrons. The van der Waals surface area contributed by atoms with Crippen LogP contribution in [0.1, 0.15) is 13.0 Å². The maximum absolute atomic E-state index is 8.15. The van der Waals surface area contributed by atoms with Crippen molar-refractivity contribution < 1.29 is 6.11 Å². The fourth-order valence-electron chi connectivity index (χ4n) is 2.17. The molecule has 4 nitrogen and oxygen atoms in total. The predicted octanol–water partition coefficient (Wildman–Crippen LogP) is 1.74. The van der Waals surface area contributed by atoms with E-state index in [1.807, 2.05) is 32.3 Å². The molecule has 0 fully saturated rings. The molecule has 0 aliphatic carbocycles. The number of nitrogens with one attached hydrogen (secondary N) is 1. The molecule has 1 aromatic heterocycles. The van der Waals surface area contributed by atoms with Crippen LogP contribution in [0.25, 0.3) is 11.3 Å². The Balaban J connectivity index is 2.12. The summed E-state index contributed by atoms with van der Waals surface area (Å²) in [6, 6.07) is 6.43. The van der Waals surface area contributed by atoms with Crippen molar-refractivity contribution >= 4 is 0 Å². The van der Waals surface area contributed by atoms with Gasteiger partial charge in [-0.25, -0.2) is 0 Å². The first-order chi connectivity index (χ1) is 8.70. The molecule has 1 unspecified atom stereocenters. The Morgan fingerprint density at radius 2 is 2.47 bits per heavy atom. The van der Waals surface area contributed by atoms with Crippen LogP contribution in [0, 0.1) is 0 Å². The second-order valence-corrected chi connectivity index (χ2v) is 4.16. The van der Waals surface area contributed by atoms with Gasteiger partial charge in [0.15, 0.2) is 0 Å². The third-order valence-corrected chi connectivity index (χ3v) is 3.15. The Morgan fingerprint density at radius 3 is 3.18 bits per heavy atom. The molecule has 0 amide bonds. The van der Waals surface area contributed by atoms with Gasteiger partial charge in [0, 0.05) is 24.4 Å². The smallest absolute Gasteiger partial charge is 0.124 e. The lowest BCUT2D eigenvalue weighted by atomic mass is 10.0. The lowest BCUT2D eigenvalue weighted by molar-refractivity contribution is 0.318. The van der Waals surface area contributed by atoms with Gasteiger partial charge in [-0.1, -0.05) is 12.1 Å². The molecule has 2 aromatic rings. The van der Waals surface area contributed by atoms with E-state index in [0.29, 0.717) is 12.6 Å². The minimum absolute atomic E-state index is 0.119. The average molecular weight is 230 g/mol. The van der Waals surface area contributed by atoms with Crippen molar-refractivity contribution in [3.8, 4) is 17.0 Å². The molecule has 4 heteroatoms. The third-order valence-electron chi connectivity index (χ3n) is 3.15. The SMILES string of the molecule is [2H]c1cc(-c2ccnn2C)cc2c1C(NC)CO2. The van der Waals surface area contributed by atoms with Crippen LogP contribution in [0.4, 0.5) is 0 Å². The molecule has 2 heterocycles. The molecule has 3 rings (SSSR count). The molecular formula is C13H15N3O. The van der Waals surface area contributed by atoms with Crippen molar-refractivity contribution in [2.75, 3.05) is 13.7 Å². The van der Waals surface area contributed by atoms with E-state index in [1.165, 1.54) is 0 Å². The first-order valence-corrected chi connectivity index (χ1v) is 5.63. The highest BCUT2D eigenvalue weighted by molar-refractivity contribution is 5.63. The summed E-state index contributed by atoms with van der Waals surface area (Å²) in [7, 11) is 3.78. The van der Waals surface area contributed by atoms with Gasteiger partial charge in [0.2, 0.25) is 0 Å². The van der Waals surface area contributed by atoms with Crippen LogP contribution in [-0.4, -0.2) is 23.4 Å². The summed E-state index contributed by atoms with van der Waals surface area (Å²) in [6.45, 7) is 0.590. The molecule has 0 bridgehead atoms. The molecule has 1 aliphatic heterocycles.